The first-order valence-electron chi connectivity index (χ1n) is 9.85. The molecule has 0 spiro atoms. The maximum atomic E-state index is 12.3. The van der Waals surface area contributed by atoms with E-state index < -0.39 is 0 Å². The summed E-state index contributed by atoms with van der Waals surface area (Å²) in [4.78, 5) is 19.3. The lowest BCUT2D eigenvalue weighted by Gasteiger charge is -2.42. The number of likely N-dealkylation sites (tertiary alicyclic amines) is 2. The molecule has 2 aliphatic rings. The van der Waals surface area contributed by atoms with Crippen LogP contribution in [0.15, 0.2) is 30.3 Å². The molecule has 1 unspecified atom stereocenters. The highest BCUT2D eigenvalue weighted by atomic mass is 16.2. The zero-order valence-corrected chi connectivity index (χ0v) is 15.9. The van der Waals surface area contributed by atoms with Gasteiger partial charge in [-0.25, -0.2) is 0 Å². The van der Waals surface area contributed by atoms with E-state index in [1.165, 1.54) is 51.0 Å². The van der Waals surface area contributed by atoms with Gasteiger partial charge in [0, 0.05) is 33.2 Å². The van der Waals surface area contributed by atoms with Crippen molar-refractivity contribution in [1.29, 1.82) is 0 Å². The summed E-state index contributed by atoms with van der Waals surface area (Å²) in [6.07, 6.45) is 5.87. The molecule has 0 aliphatic carbocycles. The van der Waals surface area contributed by atoms with E-state index in [-0.39, 0.29) is 5.92 Å². The number of hydrogen-bond donors (Lipinski definition) is 0. The molecule has 4 nitrogen and oxygen atoms in total. The first-order valence-corrected chi connectivity index (χ1v) is 9.85. The minimum Gasteiger partial charge on any atom is -0.349 e. The average Bonchev–Trinajstić information content (AvgIpc) is 2.67. The Balaban J connectivity index is 1.43. The van der Waals surface area contributed by atoms with E-state index >= 15 is 0 Å². The van der Waals surface area contributed by atoms with Crippen LogP contribution in [-0.2, 0) is 11.2 Å². The molecule has 0 radical (unpaired) electrons. The van der Waals surface area contributed by atoms with Gasteiger partial charge in [0.15, 0.2) is 0 Å². The molecule has 0 aromatic heterocycles. The highest BCUT2D eigenvalue weighted by Gasteiger charge is 2.32. The summed E-state index contributed by atoms with van der Waals surface area (Å²) in [5.74, 6) is 0.518. The van der Waals surface area contributed by atoms with Gasteiger partial charge < -0.3 is 9.80 Å². The summed E-state index contributed by atoms with van der Waals surface area (Å²) in [6, 6.07) is 11.5. The Kier molecular flexibility index (Phi) is 6.49. The predicted molar refractivity (Wildman–Crippen MR) is 103 cm³/mol. The normalized spacial score (nSPS) is 23.5. The van der Waals surface area contributed by atoms with Crippen molar-refractivity contribution < 1.29 is 4.79 Å². The Hall–Kier alpha value is -1.39. The number of piperidine rings is 2. The first kappa shape index (κ1) is 18.4. The third-order valence-corrected chi connectivity index (χ3v) is 5.88. The smallest absolute Gasteiger partial charge is 0.226 e. The van der Waals surface area contributed by atoms with E-state index in [0.29, 0.717) is 11.9 Å². The van der Waals surface area contributed by atoms with Gasteiger partial charge in [-0.05, 0) is 57.3 Å². The molecule has 1 atom stereocenters. The molecule has 1 aromatic rings. The van der Waals surface area contributed by atoms with Crippen LogP contribution in [0.5, 0.6) is 0 Å². The number of carbonyl (C=O) groups excluding carboxylic acids is 1. The largest absolute Gasteiger partial charge is 0.349 e. The average molecular weight is 344 g/mol. The van der Waals surface area contributed by atoms with Crippen molar-refractivity contribution in [2.24, 2.45) is 5.92 Å². The molecule has 138 valence electrons. The Morgan fingerprint density at radius 1 is 1.08 bits per heavy atom. The number of amides is 1. The van der Waals surface area contributed by atoms with E-state index in [1.54, 1.807) is 4.90 Å². The van der Waals surface area contributed by atoms with Crippen molar-refractivity contribution in [3.63, 3.8) is 0 Å². The molecule has 0 saturated carbocycles. The molecule has 2 fully saturated rings. The van der Waals surface area contributed by atoms with E-state index in [9.17, 15) is 4.79 Å². The Bertz CT molecular complexity index is 537. The van der Waals surface area contributed by atoms with E-state index in [1.807, 2.05) is 14.1 Å². The molecule has 2 saturated heterocycles. The molecule has 25 heavy (non-hydrogen) atoms. The van der Waals surface area contributed by atoms with Crippen molar-refractivity contribution in [2.75, 3.05) is 46.8 Å². The number of hydrogen-bond acceptors (Lipinski definition) is 3. The van der Waals surface area contributed by atoms with Crippen LogP contribution in [0.4, 0.5) is 0 Å². The molecule has 0 bridgehead atoms. The maximum Gasteiger partial charge on any atom is 0.226 e. The van der Waals surface area contributed by atoms with Gasteiger partial charge in [-0.2, -0.15) is 0 Å². The second kappa shape index (κ2) is 8.81. The second-order valence-electron chi connectivity index (χ2n) is 7.88. The van der Waals surface area contributed by atoms with Gasteiger partial charge in [0.2, 0.25) is 5.91 Å². The summed E-state index contributed by atoms with van der Waals surface area (Å²) in [5.41, 5.74) is 1.44. The fraction of sp³-hybridized carbons (Fsp3) is 0.667. The summed E-state index contributed by atoms with van der Waals surface area (Å²) in [7, 11) is 3.76. The van der Waals surface area contributed by atoms with Crippen LogP contribution in [0.1, 0.15) is 31.2 Å². The molecule has 2 heterocycles. The topological polar surface area (TPSA) is 26.8 Å². The van der Waals surface area contributed by atoms with Crippen molar-refractivity contribution in [1.82, 2.24) is 14.7 Å². The van der Waals surface area contributed by atoms with Crippen molar-refractivity contribution in [2.45, 2.75) is 38.1 Å². The van der Waals surface area contributed by atoms with Gasteiger partial charge in [0.25, 0.3) is 0 Å². The van der Waals surface area contributed by atoms with Crippen LogP contribution in [0.3, 0.4) is 0 Å². The second-order valence-corrected chi connectivity index (χ2v) is 7.88. The van der Waals surface area contributed by atoms with Crippen LogP contribution in [-0.4, -0.2) is 73.5 Å². The lowest BCUT2D eigenvalue weighted by molar-refractivity contribution is -0.135. The van der Waals surface area contributed by atoms with Gasteiger partial charge in [-0.1, -0.05) is 30.3 Å². The molecule has 1 aromatic carbocycles. The van der Waals surface area contributed by atoms with Crippen LogP contribution in [0.2, 0.25) is 0 Å². The minimum atomic E-state index is 0.208. The fourth-order valence-electron chi connectivity index (χ4n) is 4.34. The zero-order valence-electron chi connectivity index (χ0n) is 15.9. The molecule has 1 amide bonds. The number of carbonyl (C=O) groups is 1. The fourth-order valence-corrected chi connectivity index (χ4v) is 4.34. The molecular weight excluding hydrogens is 310 g/mol. The SMILES string of the molecule is CN(C)C(=O)C1CCCN(C2CCN(CCc3ccccc3)CC2)C1. The Morgan fingerprint density at radius 3 is 2.48 bits per heavy atom. The monoisotopic (exact) mass is 343 g/mol. The van der Waals surface area contributed by atoms with Crippen molar-refractivity contribution >= 4 is 5.91 Å². The van der Waals surface area contributed by atoms with Crippen LogP contribution < -0.4 is 0 Å². The van der Waals surface area contributed by atoms with Crippen LogP contribution in [0.25, 0.3) is 0 Å². The maximum absolute atomic E-state index is 12.3. The molecule has 2 aliphatic heterocycles. The molecule has 3 rings (SSSR count). The summed E-state index contributed by atoms with van der Waals surface area (Å²) < 4.78 is 0. The standard InChI is InChI=1S/C21H33N3O/c1-22(2)21(25)19-9-6-13-24(17-19)20-11-15-23(16-12-20)14-10-18-7-4-3-5-8-18/h3-5,7-8,19-20H,6,9-17H2,1-2H3. The lowest BCUT2D eigenvalue weighted by atomic mass is 9.93. The third kappa shape index (κ3) is 5.05. The van der Waals surface area contributed by atoms with Gasteiger partial charge >= 0.3 is 0 Å². The highest BCUT2D eigenvalue weighted by molar-refractivity contribution is 5.78. The number of rotatable bonds is 5. The lowest BCUT2D eigenvalue weighted by Crippen LogP contribution is -2.50. The van der Waals surface area contributed by atoms with E-state index in [0.717, 1.165) is 19.4 Å². The number of nitrogens with zero attached hydrogens (tertiary/aromatic N) is 3. The predicted octanol–water partition coefficient (Wildman–Crippen LogP) is 2.49. The first-order chi connectivity index (χ1) is 12.1. The summed E-state index contributed by atoms with van der Waals surface area (Å²) in [5, 5.41) is 0. The van der Waals surface area contributed by atoms with Crippen molar-refractivity contribution in [3.05, 3.63) is 35.9 Å². The van der Waals surface area contributed by atoms with Crippen LogP contribution >= 0.6 is 0 Å². The quantitative estimate of drug-likeness (QED) is 0.822. The van der Waals surface area contributed by atoms with Gasteiger partial charge in [-0.3, -0.25) is 9.69 Å². The highest BCUT2D eigenvalue weighted by Crippen LogP contribution is 2.24. The van der Waals surface area contributed by atoms with Gasteiger partial charge in [0.05, 0.1) is 5.92 Å². The van der Waals surface area contributed by atoms with Crippen LogP contribution in [0, 0.1) is 5.92 Å². The van der Waals surface area contributed by atoms with Crippen molar-refractivity contribution in [3.8, 4) is 0 Å². The third-order valence-electron chi connectivity index (χ3n) is 5.88. The number of benzene rings is 1. The minimum absolute atomic E-state index is 0.208. The van der Waals surface area contributed by atoms with E-state index in [2.05, 4.69) is 40.1 Å². The Morgan fingerprint density at radius 2 is 1.80 bits per heavy atom. The summed E-state index contributed by atoms with van der Waals surface area (Å²) in [6.45, 7) is 5.69. The van der Waals surface area contributed by atoms with E-state index in [4.69, 9.17) is 0 Å². The van der Waals surface area contributed by atoms with Gasteiger partial charge in [-0.15, -0.1) is 0 Å². The zero-order chi connectivity index (χ0) is 17.6. The van der Waals surface area contributed by atoms with Gasteiger partial charge in [0.1, 0.15) is 0 Å². The molecule has 4 heteroatoms. The molecule has 0 N–H and O–H groups in total. The molecular formula is C21H33N3O. The summed E-state index contributed by atoms with van der Waals surface area (Å²) >= 11 is 0. The Labute approximate surface area is 152 Å².